The van der Waals surface area contributed by atoms with Crippen molar-refractivity contribution in [2.75, 3.05) is 13.1 Å². The summed E-state index contributed by atoms with van der Waals surface area (Å²) in [6.07, 6.45) is -4.83. The van der Waals surface area contributed by atoms with Gasteiger partial charge in [-0.3, -0.25) is 9.59 Å². The molecule has 2 aromatic rings. The van der Waals surface area contributed by atoms with Crippen molar-refractivity contribution in [1.82, 2.24) is 4.90 Å². The lowest BCUT2D eigenvalue weighted by atomic mass is 10.2. The Morgan fingerprint density at radius 2 is 1.41 bits per heavy atom. The first-order valence-electron chi connectivity index (χ1n) is 9.77. The molecule has 0 aliphatic carbocycles. The summed E-state index contributed by atoms with van der Waals surface area (Å²) < 4.78 is 31.5. The summed E-state index contributed by atoms with van der Waals surface area (Å²) >= 11 is 0. The van der Waals surface area contributed by atoms with E-state index >= 15 is 0 Å². The van der Waals surface area contributed by atoms with Crippen molar-refractivity contribution in [3.05, 3.63) is 71.8 Å². The molecule has 3 N–H and O–H groups in total. The number of carbonyl (C=O) groups excluding carboxylic acids is 2. The molecule has 1 amide bonds. The van der Waals surface area contributed by atoms with Crippen LogP contribution in [0.1, 0.15) is 24.0 Å². The molecular formula is C22H25F3N2O5. The Hall–Kier alpha value is -3.40. The van der Waals surface area contributed by atoms with Crippen molar-refractivity contribution in [2.45, 2.75) is 32.1 Å². The fraction of sp³-hybridized carbons (Fsp3) is 0.318. The molecule has 0 spiro atoms. The summed E-state index contributed by atoms with van der Waals surface area (Å²) in [7, 11) is 0. The zero-order valence-corrected chi connectivity index (χ0v) is 17.3. The molecule has 0 bridgehead atoms. The zero-order valence-electron chi connectivity index (χ0n) is 17.3. The summed E-state index contributed by atoms with van der Waals surface area (Å²) in [5.41, 5.74) is 2.23. The molecule has 0 atom stereocenters. The van der Waals surface area contributed by atoms with E-state index in [4.69, 9.17) is 15.0 Å². The number of carboxylic acid groups (broad SMARTS) is 2. The molecule has 174 valence electrons. The molecule has 0 aromatic heterocycles. The highest BCUT2D eigenvalue weighted by atomic mass is 19.4. The third kappa shape index (κ3) is 11.7. The third-order valence-corrected chi connectivity index (χ3v) is 4.18. The highest BCUT2D eigenvalue weighted by molar-refractivity contribution is 5.77. The number of aliphatic carboxylic acids is 2. The minimum atomic E-state index is -5.19. The zero-order chi connectivity index (χ0) is 24.0. The van der Waals surface area contributed by atoms with Gasteiger partial charge in [0.05, 0.1) is 19.4 Å². The molecule has 0 fully saturated rings. The number of rotatable bonds is 10. The normalized spacial score (nSPS) is 10.6. The van der Waals surface area contributed by atoms with E-state index in [1.807, 2.05) is 48.5 Å². The summed E-state index contributed by atoms with van der Waals surface area (Å²) in [6, 6.07) is 19.8. The van der Waals surface area contributed by atoms with E-state index in [0.29, 0.717) is 19.5 Å². The Morgan fingerprint density at radius 3 is 1.88 bits per heavy atom. The van der Waals surface area contributed by atoms with Gasteiger partial charge in [0.1, 0.15) is 12.5 Å². The van der Waals surface area contributed by atoms with Crippen LogP contribution in [-0.2, 0) is 27.5 Å². The predicted molar refractivity (Wildman–Crippen MR) is 107 cm³/mol. The Balaban J connectivity index is 0.000000633. The monoisotopic (exact) mass is 454 g/mol. The molecule has 0 saturated heterocycles. The Kier molecular flexibility index (Phi) is 11.5. The van der Waals surface area contributed by atoms with Crippen LogP contribution in [0.15, 0.2) is 60.7 Å². The van der Waals surface area contributed by atoms with Gasteiger partial charge in [-0.15, -0.1) is 0 Å². The van der Waals surface area contributed by atoms with Crippen LogP contribution in [-0.4, -0.2) is 47.1 Å². The van der Waals surface area contributed by atoms with Crippen LogP contribution in [0.2, 0.25) is 0 Å². The van der Waals surface area contributed by atoms with Crippen molar-refractivity contribution in [3.8, 4) is 0 Å². The SMILES string of the molecule is O=C(O)CCN(Cc1ccccc1)C(=O)CC[NH2+]Cc1ccccc1.O=C([O-])C(F)(F)F. The second-order valence-electron chi connectivity index (χ2n) is 6.75. The van der Waals surface area contributed by atoms with Gasteiger partial charge in [0.15, 0.2) is 0 Å². The van der Waals surface area contributed by atoms with Crippen LogP contribution in [0.3, 0.4) is 0 Å². The van der Waals surface area contributed by atoms with Gasteiger partial charge in [-0.1, -0.05) is 60.7 Å². The molecule has 0 saturated carbocycles. The van der Waals surface area contributed by atoms with Crippen molar-refractivity contribution in [3.63, 3.8) is 0 Å². The fourth-order valence-corrected chi connectivity index (χ4v) is 2.59. The molecule has 32 heavy (non-hydrogen) atoms. The number of hydrogen-bond donors (Lipinski definition) is 2. The van der Waals surface area contributed by atoms with Gasteiger partial charge in [0, 0.05) is 18.7 Å². The number of hydrogen-bond acceptors (Lipinski definition) is 4. The van der Waals surface area contributed by atoms with Crippen LogP contribution in [0.25, 0.3) is 0 Å². The highest BCUT2D eigenvalue weighted by Gasteiger charge is 2.28. The Labute approximate surface area is 183 Å². The summed E-state index contributed by atoms with van der Waals surface area (Å²) in [5.74, 6) is -3.90. The first-order valence-corrected chi connectivity index (χ1v) is 9.77. The predicted octanol–water partition coefficient (Wildman–Crippen LogP) is 0.942. The van der Waals surface area contributed by atoms with Gasteiger partial charge in [0.25, 0.3) is 0 Å². The lowest BCUT2D eigenvalue weighted by Gasteiger charge is -2.22. The van der Waals surface area contributed by atoms with Crippen LogP contribution >= 0.6 is 0 Å². The number of carbonyl (C=O) groups is 3. The van der Waals surface area contributed by atoms with Gasteiger partial charge in [-0.25, -0.2) is 0 Å². The average Bonchev–Trinajstić information content (AvgIpc) is 2.75. The Bertz CT molecular complexity index is 846. The van der Waals surface area contributed by atoms with Crippen LogP contribution in [0, 0.1) is 0 Å². The number of carboxylic acids is 2. The molecule has 7 nitrogen and oxygen atoms in total. The summed E-state index contributed by atoms with van der Waals surface area (Å²) in [5, 5.41) is 19.8. The first kappa shape index (κ1) is 26.6. The molecule has 0 aliphatic heterocycles. The van der Waals surface area contributed by atoms with E-state index < -0.39 is 18.1 Å². The number of nitrogens with zero attached hydrogens (tertiary/aromatic N) is 1. The minimum Gasteiger partial charge on any atom is -0.542 e. The fourth-order valence-electron chi connectivity index (χ4n) is 2.59. The minimum absolute atomic E-state index is 0.00517. The average molecular weight is 454 g/mol. The van der Waals surface area contributed by atoms with Gasteiger partial charge in [-0.2, -0.15) is 13.2 Å². The number of nitrogens with two attached hydrogens (primary N) is 1. The van der Waals surface area contributed by atoms with Gasteiger partial charge < -0.3 is 25.2 Å². The number of halogens is 3. The first-order chi connectivity index (χ1) is 15.1. The number of alkyl halides is 3. The summed E-state index contributed by atoms with van der Waals surface area (Å²) in [6.45, 7) is 2.21. The molecule has 2 aromatic carbocycles. The van der Waals surface area contributed by atoms with Crippen molar-refractivity contribution in [1.29, 1.82) is 0 Å². The molecule has 0 aliphatic rings. The smallest absolute Gasteiger partial charge is 0.430 e. The number of benzene rings is 2. The van der Waals surface area contributed by atoms with Gasteiger partial charge in [0.2, 0.25) is 5.91 Å². The second-order valence-corrected chi connectivity index (χ2v) is 6.75. The second kappa shape index (κ2) is 13.8. The van der Waals surface area contributed by atoms with Crippen molar-refractivity contribution in [2.24, 2.45) is 0 Å². The Morgan fingerprint density at radius 1 is 0.906 bits per heavy atom. The van der Waals surface area contributed by atoms with E-state index in [-0.39, 0.29) is 18.9 Å². The van der Waals surface area contributed by atoms with E-state index in [9.17, 15) is 22.8 Å². The lowest BCUT2D eigenvalue weighted by Crippen LogP contribution is -2.83. The van der Waals surface area contributed by atoms with Crippen LogP contribution in [0.4, 0.5) is 13.2 Å². The maximum atomic E-state index is 12.5. The maximum Gasteiger partial charge on any atom is 0.430 e. The number of amides is 1. The molecule has 0 unspecified atom stereocenters. The van der Waals surface area contributed by atoms with Crippen LogP contribution < -0.4 is 10.4 Å². The van der Waals surface area contributed by atoms with E-state index in [2.05, 4.69) is 17.4 Å². The highest BCUT2D eigenvalue weighted by Crippen LogP contribution is 2.11. The standard InChI is InChI=1S/C20H24N2O3.C2HF3O2/c23-19(11-13-21-15-17-7-3-1-4-8-17)22(14-12-20(24)25)16-18-9-5-2-6-10-18;3-2(4,5)1(6)7/h1-10,21H,11-16H2,(H,24,25);(H,6,7). The topological polar surface area (TPSA) is 114 Å². The van der Waals surface area contributed by atoms with E-state index in [0.717, 1.165) is 12.1 Å². The van der Waals surface area contributed by atoms with Gasteiger partial charge in [-0.05, 0) is 5.56 Å². The molecule has 0 radical (unpaired) electrons. The summed E-state index contributed by atoms with van der Waals surface area (Å²) in [4.78, 5) is 33.8. The molecule has 2 rings (SSSR count). The van der Waals surface area contributed by atoms with E-state index in [1.165, 1.54) is 5.56 Å². The molecule has 0 heterocycles. The van der Waals surface area contributed by atoms with Gasteiger partial charge >= 0.3 is 12.1 Å². The van der Waals surface area contributed by atoms with Crippen molar-refractivity contribution < 1.29 is 43.1 Å². The number of quaternary nitrogens is 1. The third-order valence-electron chi connectivity index (χ3n) is 4.18. The molecule has 10 heteroatoms. The quantitative estimate of drug-likeness (QED) is 0.519. The largest absolute Gasteiger partial charge is 0.542 e. The maximum absolute atomic E-state index is 12.5. The van der Waals surface area contributed by atoms with E-state index in [1.54, 1.807) is 4.90 Å². The van der Waals surface area contributed by atoms with Crippen molar-refractivity contribution >= 4 is 17.8 Å². The lowest BCUT2D eigenvalue weighted by molar-refractivity contribution is -0.669. The van der Waals surface area contributed by atoms with Crippen LogP contribution in [0.5, 0.6) is 0 Å². The molecular weight excluding hydrogens is 429 g/mol.